The first-order valence-corrected chi connectivity index (χ1v) is 10.6. The van der Waals surface area contributed by atoms with Gasteiger partial charge in [-0.25, -0.2) is 9.78 Å². The maximum atomic E-state index is 12.5. The molecule has 0 spiro atoms. The fraction of sp³-hybridized carbons (Fsp3) is 0.579. The van der Waals surface area contributed by atoms with E-state index in [1.165, 1.54) is 20.0 Å². The van der Waals surface area contributed by atoms with Gasteiger partial charge in [0.15, 0.2) is 4.90 Å². The number of fused-ring (bicyclic) bond motifs is 1. The molecule has 7 heteroatoms. The van der Waals surface area contributed by atoms with E-state index >= 15 is 0 Å². The molecule has 1 aromatic heterocycles. The van der Waals surface area contributed by atoms with Gasteiger partial charge in [-0.1, -0.05) is 25.0 Å². The number of hydrogen-bond acceptors (Lipinski definition) is 4. The zero-order valence-electron chi connectivity index (χ0n) is 15.8. The lowest BCUT2D eigenvalue weighted by Gasteiger charge is -2.18. The Bertz CT molecular complexity index is 878. The van der Waals surface area contributed by atoms with E-state index in [0.29, 0.717) is 11.4 Å². The van der Waals surface area contributed by atoms with Crippen molar-refractivity contribution >= 4 is 27.2 Å². The topological polar surface area (TPSA) is 81.4 Å². The number of rotatable bonds is 6. The number of imidazole rings is 1. The van der Waals surface area contributed by atoms with Crippen molar-refractivity contribution in [1.82, 2.24) is 9.55 Å². The molecule has 1 aliphatic carbocycles. The van der Waals surface area contributed by atoms with Crippen LogP contribution in [0.2, 0.25) is 0 Å². The number of benzene rings is 1. The van der Waals surface area contributed by atoms with E-state index in [0.717, 1.165) is 24.3 Å². The highest BCUT2D eigenvalue weighted by Crippen LogP contribution is 2.34. The molecule has 2 aromatic rings. The van der Waals surface area contributed by atoms with Crippen molar-refractivity contribution in [1.29, 1.82) is 0 Å². The van der Waals surface area contributed by atoms with Crippen LogP contribution >= 0.6 is 0 Å². The molecular formula is C19H27N2O4S+. The molecule has 1 aromatic carbocycles. The second-order valence-electron chi connectivity index (χ2n) is 8.33. The molecule has 3 rings (SSSR count). The highest BCUT2D eigenvalue weighted by Gasteiger charge is 2.34. The second kappa shape index (κ2) is 6.78. The van der Waals surface area contributed by atoms with Gasteiger partial charge in [-0.3, -0.25) is 0 Å². The van der Waals surface area contributed by atoms with Gasteiger partial charge in [-0.2, -0.15) is 4.55 Å². The largest absolute Gasteiger partial charge is 0.465 e. The summed E-state index contributed by atoms with van der Waals surface area (Å²) in [5, 5.41) is 0. The van der Waals surface area contributed by atoms with Gasteiger partial charge >= 0.3 is 5.97 Å². The number of hydrogen-bond donors (Lipinski definition) is 1. The predicted molar refractivity (Wildman–Crippen MR) is 101 cm³/mol. The normalized spacial score (nSPS) is 17.3. The Balaban J connectivity index is 2.01. The van der Waals surface area contributed by atoms with Crippen molar-refractivity contribution in [2.24, 2.45) is 11.3 Å². The van der Waals surface area contributed by atoms with Crippen LogP contribution in [0.1, 0.15) is 39.4 Å². The summed E-state index contributed by atoms with van der Waals surface area (Å²) in [5.41, 5.74) is 1.78. The number of nitrogens with zero attached hydrogens (tertiary/aromatic N) is 2. The number of carbonyl (C=O) groups excluding carboxylic acids is 1. The summed E-state index contributed by atoms with van der Waals surface area (Å²) in [6.45, 7) is 7.47. The van der Waals surface area contributed by atoms with Gasteiger partial charge < -0.3 is 9.30 Å². The minimum absolute atomic E-state index is 0.0981. The van der Waals surface area contributed by atoms with Gasteiger partial charge in [0.2, 0.25) is 5.75 Å². The van der Waals surface area contributed by atoms with Crippen molar-refractivity contribution < 1.29 is 18.3 Å². The zero-order valence-corrected chi connectivity index (χ0v) is 16.6. The number of methoxy groups -OCH3 is 1. The Kier molecular flexibility index (Phi) is 4.96. The van der Waals surface area contributed by atoms with Gasteiger partial charge in [0.1, 0.15) is 5.82 Å². The molecule has 6 nitrogen and oxygen atoms in total. The third-order valence-electron chi connectivity index (χ3n) is 4.53. The van der Waals surface area contributed by atoms with E-state index < -0.39 is 21.9 Å². The Labute approximate surface area is 155 Å². The molecule has 1 N–H and O–H groups in total. The van der Waals surface area contributed by atoms with Crippen molar-refractivity contribution in [2.45, 2.75) is 51.5 Å². The SMILES string of the molecule is COC(=O)C[S+](=O)(O)c1ccc2c(c1)nc(CC(C)(C)C)n2CC1CC1. The minimum Gasteiger partial charge on any atom is -0.465 e. The molecule has 1 fully saturated rings. The van der Waals surface area contributed by atoms with Crippen LogP contribution in [0.3, 0.4) is 0 Å². The van der Waals surface area contributed by atoms with E-state index in [9.17, 15) is 13.6 Å². The fourth-order valence-corrected chi connectivity index (χ4v) is 4.21. The van der Waals surface area contributed by atoms with Crippen LogP contribution in [0.4, 0.5) is 0 Å². The third kappa shape index (κ3) is 4.32. The monoisotopic (exact) mass is 379 g/mol. The minimum atomic E-state index is -3.49. The highest BCUT2D eigenvalue weighted by molar-refractivity contribution is 7.98. The van der Waals surface area contributed by atoms with Crippen LogP contribution in [0.15, 0.2) is 23.1 Å². The van der Waals surface area contributed by atoms with Crippen molar-refractivity contribution in [3.63, 3.8) is 0 Å². The molecule has 0 radical (unpaired) electrons. The van der Waals surface area contributed by atoms with Crippen LogP contribution in [0.25, 0.3) is 11.0 Å². The molecule has 0 amide bonds. The summed E-state index contributed by atoms with van der Waals surface area (Å²) in [7, 11) is -2.28. The molecule has 0 saturated heterocycles. The van der Waals surface area contributed by atoms with Gasteiger partial charge in [-0.15, -0.1) is 0 Å². The van der Waals surface area contributed by atoms with E-state index in [1.807, 2.05) is 6.07 Å². The second-order valence-corrected chi connectivity index (χ2v) is 10.4. The van der Waals surface area contributed by atoms with E-state index in [4.69, 9.17) is 4.98 Å². The molecule has 0 aliphatic heterocycles. The molecule has 1 saturated carbocycles. The van der Waals surface area contributed by atoms with Gasteiger partial charge in [0.25, 0.3) is 10.2 Å². The summed E-state index contributed by atoms with van der Waals surface area (Å²) in [6, 6.07) is 5.11. The summed E-state index contributed by atoms with van der Waals surface area (Å²) >= 11 is 0. The first-order chi connectivity index (χ1) is 12.1. The lowest BCUT2D eigenvalue weighted by atomic mass is 9.92. The van der Waals surface area contributed by atoms with Crippen molar-refractivity contribution in [2.75, 3.05) is 12.9 Å². The van der Waals surface area contributed by atoms with Gasteiger partial charge in [0, 0.05) is 19.0 Å². The number of esters is 1. The average Bonchev–Trinajstić information content (AvgIpc) is 3.28. The lowest BCUT2D eigenvalue weighted by molar-refractivity contribution is -0.137. The van der Waals surface area contributed by atoms with Crippen LogP contribution < -0.4 is 0 Å². The van der Waals surface area contributed by atoms with Crippen LogP contribution in [0, 0.1) is 11.3 Å². The summed E-state index contributed by atoms with van der Waals surface area (Å²) < 4.78 is 29.6. The zero-order chi connectivity index (χ0) is 19.1. The molecule has 26 heavy (non-hydrogen) atoms. The van der Waals surface area contributed by atoms with Crippen LogP contribution in [0.5, 0.6) is 0 Å². The summed E-state index contributed by atoms with van der Waals surface area (Å²) in [5.74, 6) is 0.457. The maximum absolute atomic E-state index is 12.5. The average molecular weight is 380 g/mol. The van der Waals surface area contributed by atoms with Gasteiger partial charge in [-0.05, 0) is 36.3 Å². The maximum Gasteiger partial charge on any atom is 0.359 e. The number of aromatic nitrogens is 2. The van der Waals surface area contributed by atoms with E-state index in [-0.39, 0.29) is 10.3 Å². The Morgan fingerprint density at radius 2 is 2.08 bits per heavy atom. The fourth-order valence-electron chi connectivity index (χ4n) is 3.03. The molecular weight excluding hydrogens is 352 g/mol. The molecule has 142 valence electrons. The van der Waals surface area contributed by atoms with Crippen LogP contribution in [-0.4, -0.2) is 32.9 Å². The molecule has 1 atom stereocenters. The molecule has 0 bridgehead atoms. The lowest BCUT2D eigenvalue weighted by Crippen LogP contribution is -2.22. The standard InChI is InChI=1S/C19H26N2O4S/c1-19(2,3)10-17-20-15-9-14(26(23,24)12-18(22)25-4)7-8-16(15)21(17)11-13-5-6-13/h7-9,13H,5-6,10-12H2,1-4H3/p+1. The number of carbonyl (C=O) groups is 1. The Hall–Kier alpha value is -1.73. The summed E-state index contributed by atoms with van der Waals surface area (Å²) in [6.07, 6.45) is 3.33. The van der Waals surface area contributed by atoms with Crippen molar-refractivity contribution in [3.05, 3.63) is 24.0 Å². The first-order valence-electron chi connectivity index (χ1n) is 8.89. The smallest absolute Gasteiger partial charge is 0.359 e. The predicted octanol–water partition coefficient (Wildman–Crippen LogP) is 3.54. The Morgan fingerprint density at radius 1 is 1.38 bits per heavy atom. The third-order valence-corrected chi connectivity index (χ3v) is 6.15. The molecule has 1 unspecified atom stereocenters. The molecule has 1 aliphatic rings. The Morgan fingerprint density at radius 3 is 2.65 bits per heavy atom. The van der Waals surface area contributed by atoms with E-state index in [2.05, 4.69) is 30.1 Å². The van der Waals surface area contributed by atoms with Gasteiger partial charge in [0.05, 0.1) is 18.1 Å². The summed E-state index contributed by atoms with van der Waals surface area (Å²) in [4.78, 5) is 16.4. The first kappa shape index (κ1) is 19.0. The van der Waals surface area contributed by atoms with Crippen LogP contribution in [-0.2, 0) is 36.9 Å². The highest BCUT2D eigenvalue weighted by atomic mass is 32.3. The number of ether oxygens (including phenoxy) is 1. The van der Waals surface area contributed by atoms with E-state index in [1.54, 1.807) is 12.1 Å². The molecule has 1 heterocycles. The van der Waals surface area contributed by atoms with Crippen molar-refractivity contribution in [3.8, 4) is 0 Å². The quantitative estimate of drug-likeness (QED) is 0.613.